The molecule has 3 aromatic carbocycles. The Balaban J connectivity index is 1.62. The number of ketones is 1. The minimum absolute atomic E-state index is 0.0146. The number of nitrogens with zero attached hydrogens (tertiary/aromatic N) is 1. The molecule has 4 aromatic rings. The lowest BCUT2D eigenvalue weighted by Gasteiger charge is -2.27. The van der Waals surface area contributed by atoms with Crippen LogP contribution < -0.4 is 19.1 Å². The number of fused-ring (bicyclic) bond motifs is 1. The number of aliphatic hydroxyl groups excluding tert-OH is 1. The number of carbonyl (C=O) groups is 2. The van der Waals surface area contributed by atoms with E-state index in [2.05, 4.69) is 0 Å². The van der Waals surface area contributed by atoms with Crippen molar-refractivity contribution in [3.05, 3.63) is 95.5 Å². The number of para-hydroxylation sites is 1. The van der Waals surface area contributed by atoms with Gasteiger partial charge >= 0.3 is 0 Å². The second-order valence-electron chi connectivity index (χ2n) is 8.78. The topological polar surface area (TPSA) is 98.4 Å². The van der Waals surface area contributed by atoms with Gasteiger partial charge in [-0.05, 0) is 48.4 Å². The van der Waals surface area contributed by atoms with Gasteiger partial charge in [-0.1, -0.05) is 37.3 Å². The predicted molar refractivity (Wildman–Crippen MR) is 142 cm³/mol. The SMILES string of the molecule is CCCOc1ccc(C2C(C(=O)c3cc4cccc(OC)c4o3)=C(O)C(=O)N2c2cccc(OC)c2)cc1. The molecular formula is C30H27NO7. The zero-order valence-corrected chi connectivity index (χ0v) is 21.3. The van der Waals surface area contributed by atoms with Crippen LogP contribution in [-0.4, -0.2) is 37.6 Å². The van der Waals surface area contributed by atoms with Gasteiger partial charge in [0.15, 0.2) is 22.9 Å². The number of furan rings is 1. The van der Waals surface area contributed by atoms with Gasteiger partial charge in [0.1, 0.15) is 11.5 Å². The van der Waals surface area contributed by atoms with Crippen molar-refractivity contribution < 1.29 is 33.3 Å². The Morgan fingerprint density at radius 3 is 2.45 bits per heavy atom. The summed E-state index contributed by atoms with van der Waals surface area (Å²) >= 11 is 0. The van der Waals surface area contributed by atoms with E-state index in [1.807, 2.05) is 6.92 Å². The van der Waals surface area contributed by atoms with Gasteiger partial charge in [0.05, 0.1) is 32.4 Å². The van der Waals surface area contributed by atoms with E-state index in [0.717, 1.165) is 6.42 Å². The number of amides is 1. The van der Waals surface area contributed by atoms with Crippen LogP contribution in [0.25, 0.3) is 11.0 Å². The number of aliphatic hydroxyl groups is 1. The van der Waals surface area contributed by atoms with Crippen LogP contribution in [0.4, 0.5) is 5.69 Å². The molecule has 5 rings (SSSR count). The van der Waals surface area contributed by atoms with Gasteiger partial charge in [0.2, 0.25) is 5.78 Å². The van der Waals surface area contributed by atoms with Crippen LogP contribution in [0.1, 0.15) is 35.5 Å². The Labute approximate surface area is 219 Å². The number of carbonyl (C=O) groups excluding carboxylic acids is 2. The quantitative estimate of drug-likeness (QED) is 0.273. The van der Waals surface area contributed by atoms with Crippen LogP contribution in [0.15, 0.2) is 88.5 Å². The second kappa shape index (κ2) is 10.3. The molecule has 0 fully saturated rings. The maximum absolute atomic E-state index is 13.9. The lowest BCUT2D eigenvalue weighted by molar-refractivity contribution is -0.117. The number of ether oxygens (including phenoxy) is 3. The van der Waals surface area contributed by atoms with Gasteiger partial charge < -0.3 is 23.7 Å². The molecule has 1 N–H and O–H groups in total. The fourth-order valence-corrected chi connectivity index (χ4v) is 4.59. The molecule has 1 aromatic heterocycles. The number of anilines is 1. The number of Topliss-reactive ketones (excluding diaryl/α,β-unsaturated/α-hetero) is 1. The summed E-state index contributed by atoms with van der Waals surface area (Å²) in [7, 11) is 3.04. The Hall–Kier alpha value is -4.72. The first-order chi connectivity index (χ1) is 18.5. The van der Waals surface area contributed by atoms with E-state index in [4.69, 9.17) is 18.6 Å². The lowest BCUT2D eigenvalue weighted by Crippen LogP contribution is -2.31. The van der Waals surface area contributed by atoms with Crippen LogP contribution in [0, 0.1) is 0 Å². The molecule has 1 amide bonds. The number of hydrogen-bond donors (Lipinski definition) is 1. The Kier molecular flexibility index (Phi) is 6.79. The Morgan fingerprint density at radius 1 is 0.974 bits per heavy atom. The molecule has 1 unspecified atom stereocenters. The van der Waals surface area contributed by atoms with E-state index in [9.17, 15) is 14.7 Å². The van der Waals surface area contributed by atoms with Crippen LogP contribution >= 0.6 is 0 Å². The van der Waals surface area contributed by atoms with E-state index in [0.29, 0.717) is 46.1 Å². The molecule has 0 aliphatic carbocycles. The molecule has 0 spiro atoms. The standard InChI is InChI=1S/C30H27NO7/c1-4-15-37-21-13-11-18(12-14-21)26-25(27(32)24-16-19-7-5-10-23(36-3)29(19)38-24)28(33)30(34)31(26)20-8-6-9-22(17-20)35-2/h5-14,16-17,26,33H,4,15H2,1-3H3. The third-order valence-corrected chi connectivity index (χ3v) is 6.40. The summed E-state index contributed by atoms with van der Waals surface area (Å²) in [5, 5.41) is 11.7. The van der Waals surface area contributed by atoms with Crippen molar-refractivity contribution in [2.24, 2.45) is 0 Å². The number of hydrogen-bond acceptors (Lipinski definition) is 7. The number of methoxy groups -OCH3 is 2. The molecule has 1 atom stereocenters. The lowest BCUT2D eigenvalue weighted by atomic mass is 9.94. The first kappa shape index (κ1) is 25.0. The van der Waals surface area contributed by atoms with Crippen molar-refractivity contribution in [1.82, 2.24) is 0 Å². The van der Waals surface area contributed by atoms with Crippen molar-refractivity contribution in [1.29, 1.82) is 0 Å². The fraction of sp³-hybridized carbons (Fsp3) is 0.200. The second-order valence-corrected chi connectivity index (χ2v) is 8.78. The van der Waals surface area contributed by atoms with Crippen LogP contribution in [0.5, 0.6) is 17.2 Å². The van der Waals surface area contributed by atoms with Gasteiger partial charge in [0, 0.05) is 17.1 Å². The predicted octanol–water partition coefficient (Wildman–Crippen LogP) is 6.02. The van der Waals surface area contributed by atoms with Crippen molar-refractivity contribution in [3.8, 4) is 17.2 Å². The summed E-state index contributed by atoms with van der Waals surface area (Å²) in [5.74, 6) is -0.290. The first-order valence-corrected chi connectivity index (χ1v) is 12.2. The van der Waals surface area contributed by atoms with Crippen LogP contribution in [0.3, 0.4) is 0 Å². The monoisotopic (exact) mass is 513 g/mol. The minimum atomic E-state index is -0.919. The number of rotatable bonds is 9. The minimum Gasteiger partial charge on any atom is -0.503 e. The molecule has 194 valence electrons. The Morgan fingerprint density at radius 2 is 1.74 bits per heavy atom. The van der Waals surface area contributed by atoms with Crippen LogP contribution in [-0.2, 0) is 4.79 Å². The molecule has 0 bridgehead atoms. The normalized spacial score (nSPS) is 15.3. The van der Waals surface area contributed by atoms with Gasteiger partial charge in [-0.3, -0.25) is 14.5 Å². The third kappa shape index (κ3) is 4.34. The summed E-state index contributed by atoms with van der Waals surface area (Å²) in [6.07, 6.45) is 0.861. The molecule has 2 heterocycles. The fourth-order valence-electron chi connectivity index (χ4n) is 4.59. The average molecular weight is 514 g/mol. The van der Waals surface area contributed by atoms with E-state index < -0.39 is 23.5 Å². The maximum atomic E-state index is 13.9. The smallest absolute Gasteiger partial charge is 0.294 e. The van der Waals surface area contributed by atoms with Crippen molar-refractivity contribution in [3.63, 3.8) is 0 Å². The van der Waals surface area contributed by atoms with E-state index >= 15 is 0 Å². The molecule has 1 aliphatic heterocycles. The van der Waals surface area contributed by atoms with E-state index in [-0.39, 0.29) is 11.3 Å². The Bertz CT molecular complexity index is 1530. The highest BCUT2D eigenvalue weighted by Crippen LogP contribution is 2.43. The zero-order valence-electron chi connectivity index (χ0n) is 21.3. The molecule has 1 aliphatic rings. The van der Waals surface area contributed by atoms with Crippen LogP contribution in [0.2, 0.25) is 0 Å². The van der Waals surface area contributed by atoms with Gasteiger partial charge in [-0.2, -0.15) is 0 Å². The summed E-state index contributed by atoms with van der Waals surface area (Å²) < 4.78 is 22.3. The van der Waals surface area contributed by atoms with Gasteiger partial charge in [-0.15, -0.1) is 0 Å². The summed E-state index contributed by atoms with van der Waals surface area (Å²) in [6.45, 7) is 2.58. The van der Waals surface area contributed by atoms with Crippen molar-refractivity contribution in [2.45, 2.75) is 19.4 Å². The maximum Gasteiger partial charge on any atom is 0.294 e. The highest BCUT2D eigenvalue weighted by molar-refractivity contribution is 6.20. The zero-order chi connectivity index (χ0) is 26.8. The molecule has 38 heavy (non-hydrogen) atoms. The molecule has 8 nitrogen and oxygen atoms in total. The van der Waals surface area contributed by atoms with Gasteiger partial charge in [0.25, 0.3) is 5.91 Å². The summed E-state index contributed by atoms with van der Waals surface area (Å²) in [4.78, 5) is 28.7. The molecule has 0 radical (unpaired) electrons. The molecular weight excluding hydrogens is 486 g/mol. The highest BCUT2D eigenvalue weighted by Gasteiger charge is 2.45. The largest absolute Gasteiger partial charge is 0.503 e. The molecule has 0 saturated carbocycles. The molecule has 8 heteroatoms. The van der Waals surface area contributed by atoms with E-state index in [1.54, 1.807) is 72.8 Å². The number of benzene rings is 3. The van der Waals surface area contributed by atoms with Gasteiger partial charge in [-0.25, -0.2) is 0 Å². The summed E-state index contributed by atoms with van der Waals surface area (Å²) in [6, 6.07) is 20.0. The summed E-state index contributed by atoms with van der Waals surface area (Å²) in [5.41, 5.74) is 1.40. The highest BCUT2D eigenvalue weighted by atomic mass is 16.5. The third-order valence-electron chi connectivity index (χ3n) is 6.40. The van der Waals surface area contributed by atoms with E-state index in [1.165, 1.54) is 19.1 Å². The van der Waals surface area contributed by atoms with Crippen molar-refractivity contribution in [2.75, 3.05) is 25.7 Å². The average Bonchev–Trinajstić information content (AvgIpc) is 3.51. The first-order valence-electron chi connectivity index (χ1n) is 12.2. The molecule has 0 saturated heterocycles. The van der Waals surface area contributed by atoms with Crippen molar-refractivity contribution >= 4 is 28.3 Å².